The van der Waals surface area contributed by atoms with Gasteiger partial charge in [-0.15, -0.1) is 10.2 Å². The lowest BCUT2D eigenvalue weighted by Crippen LogP contribution is -2.38. The standard InChI is InChI=1S/C15H27N5O2/c1-11(8-12(2)21)9-16-15(22)17-10-14-19-18-13-6-4-3-5-7-20(13)14/h11-12,21H,3-10H2,1-2H3,(H2,16,17,22). The summed E-state index contributed by atoms with van der Waals surface area (Å²) in [5.74, 6) is 2.10. The molecule has 3 N–H and O–H groups in total. The van der Waals surface area contributed by atoms with E-state index in [0.29, 0.717) is 19.5 Å². The van der Waals surface area contributed by atoms with Crippen LogP contribution in [0.4, 0.5) is 4.79 Å². The molecule has 0 spiro atoms. The van der Waals surface area contributed by atoms with E-state index in [9.17, 15) is 9.90 Å². The number of aryl methyl sites for hydroxylation is 1. The maximum Gasteiger partial charge on any atom is 0.315 e. The number of nitrogens with zero attached hydrogens (tertiary/aromatic N) is 3. The molecular formula is C15H27N5O2. The Bertz CT molecular complexity index is 486. The smallest absolute Gasteiger partial charge is 0.315 e. The largest absolute Gasteiger partial charge is 0.393 e. The lowest BCUT2D eigenvalue weighted by molar-refractivity contribution is 0.163. The molecule has 0 bridgehead atoms. The third-order valence-electron chi connectivity index (χ3n) is 3.95. The van der Waals surface area contributed by atoms with Gasteiger partial charge in [-0.1, -0.05) is 13.3 Å². The van der Waals surface area contributed by atoms with Crippen molar-refractivity contribution in [3.05, 3.63) is 11.6 Å². The first kappa shape index (κ1) is 16.7. The van der Waals surface area contributed by atoms with E-state index in [0.717, 1.165) is 37.5 Å². The van der Waals surface area contributed by atoms with E-state index in [1.165, 1.54) is 6.42 Å². The van der Waals surface area contributed by atoms with Gasteiger partial charge in [-0.05, 0) is 32.1 Å². The van der Waals surface area contributed by atoms with Crippen LogP contribution in [-0.4, -0.2) is 38.6 Å². The summed E-state index contributed by atoms with van der Waals surface area (Å²) < 4.78 is 2.13. The number of nitrogens with one attached hydrogen (secondary N) is 2. The first-order valence-electron chi connectivity index (χ1n) is 8.17. The minimum Gasteiger partial charge on any atom is -0.393 e. The van der Waals surface area contributed by atoms with Crippen LogP contribution in [0.2, 0.25) is 0 Å². The molecule has 1 aliphatic heterocycles. The van der Waals surface area contributed by atoms with Gasteiger partial charge in [0.2, 0.25) is 0 Å². The Morgan fingerprint density at radius 2 is 2.09 bits per heavy atom. The number of carbonyl (C=O) groups excluding carboxylic acids is 1. The van der Waals surface area contributed by atoms with Gasteiger partial charge in [-0.3, -0.25) is 0 Å². The van der Waals surface area contributed by atoms with Crippen LogP contribution in [0, 0.1) is 5.92 Å². The number of carbonyl (C=O) groups is 1. The summed E-state index contributed by atoms with van der Waals surface area (Å²) in [6, 6.07) is -0.205. The average Bonchev–Trinajstić information content (AvgIpc) is 2.69. The molecule has 0 aromatic carbocycles. The molecule has 1 aromatic heterocycles. The molecule has 0 fully saturated rings. The van der Waals surface area contributed by atoms with Crippen molar-refractivity contribution in [1.82, 2.24) is 25.4 Å². The molecular weight excluding hydrogens is 282 g/mol. The van der Waals surface area contributed by atoms with Crippen LogP contribution < -0.4 is 10.6 Å². The SMILES string of the molecule is CC(O)CC(C)CNC(=O)NCc1nnc2n1CCCCC2. The Kier molecular flexibility index (Phi) is 6.18. The number of fused-ring (bicyclic) bond motifs is 1. The quantitative estimate of drug-likeness (QED) is 0.736. The average molecular weight is 309 g/mol. The van der Waals surface area contributed by atoms with Gasteiger partial charge in [-0.25, -0.2) is 4.79 Å². The van der Waals surface area contributed by atoms with Crippen molar-refractivity contribution in [2.75, 3.05) is 6.54 Å². The Morgan fingerprint density at radius 3 is 2.86 bits per heavy atom. The van der Waals surface area contributed by atoms with E-state index in [-0.39, 0.29) is 18.1 Å². The Labute approximate surface area is 131 Å². The minimum absolute atomic E-state index is 0.205. The van der Waals surface area contributed by atoms with Crippen molar-refractivity contribution in [2.45, 2.75) is 65.1 Å². The summed E-state index contributed by atoms with van der Waals surface area (Å²) in [6.45, 7) is 5.64. The molecule has 22 heavy (non-hydrogen) atoms. The Hall–Kier alpha value is -1.63. The van der Waals surface area contributed by atoms with Crippen LogP contribution in [0.1, 0.15) is 51.2 Å². The fraction of sp³-hybridized carbons (Fsp3) is 0.800. The molecule has 1 aliphatic rings. The molecule has 2 rings (SSSR count). The highest BCUT2D eigenvalue weighted by molar-refractivity contribution is 5.73. The van der Waals surface area contributed by atoms with Gasteiger partial charge >= 0.3 is 6.03 Å². The topological polar surface area (TPSA) is 92.1 Å². The maximum absolute atomic E-state index is 11.8. The van der Waals surface area contributed by atoms with Crippen molar-refractivity contribution in [3.8, 4) is 0 Å². The number of hydrogen-bond acceptors (Lipinski definition) is 4. The van der Waals surface area contributed by atoms with Gasteiger partial charge in [-0.2, -0.15) is 0 Å². The highest BCUT2D eigenvalue weighted by atomic mass is 16.3. The number of aliphatic hydroxyl groups is 1. The van der Waals surface area contributed by atoms with Crippen LogP contribution >= 0.6 is 0 Å². The molecule has 0 saturated carbocycles. The second-order valence-corrected chi connectivity index (χ2v) is 6.25. The summed E-state index contributed by atoms with van der Waals surface area (Å²) in [5.41, 5.74) is 0. The highest BCUT2D eigenvalue weighted by Gasteiger charge is 2.15. The highest BCUT2D eigenvalue weighted by Crippen LogP contribution is 2.14. The van der Waals surface area contributed by atoms with Gasteiger partial charge in [0, 0.05) is 19.5 Å². The summed E-state index contributed by atoms with van der Waals surface area (Å²) in [6.07, 6.45) is 4.83. The summed E-state index contributed by atoms with van der Waals surface area (Å²) in [4.78, 5) is 11.8. The number of amides is 2. The van der Waals surface area contributed by atoms with Gasteiger partial charge < -0.3 is 20.3 Å². The predicted molar refractivity (Wildman–Crippen MR) is 83.3 cm³/mol. The number of urea groups is 1. The van der Waals surface area contributed by atoms with Crippen LogP contribution in [0.3, 0.4) is 0 Å². The Balaban J connectivity index is 1.76. The molecule has 7 nitrogen and oxygen atoms in total. The van der Waals surface area contributed by atoms with E-state index < -0.39 is 0 Å². The molecule has 2 heterocycles. The van der Waals surface area contributed by atoms with Gasteiger partial charge in [0.05, 0.1) is 12.6 Å². The zero-order valence-corrected chi connectivity index (χ0v) is 13.5. The third-order valence-corrected chi connectivity index (χ3v) is 3.95. The summed E-state index contributed by atoms with van der Waals surface area (Å²) in [7, 11) is 0. The summed E-state index contributed by atoms with van der Waals surface area (Å²) in [5, 5.41) is 23.4. The number of aliphatic hydroxyl groups excluding tert-OH is 1. The third kappa shape index (κ3) is 4.98. The molecule has 1 aromatic rings. The van der Waals surface area contributed by atoms with Crippen molar-refractivity contribution in [2.24, 2.45) is 5.92 Å². The zero-order valence-electron chi connectivity index (χ0n) is 13.5. The van der Waals surface area contributed by atoms with Crippen LogP contribution in [-0.2, 0) is 19.5 Å². The van der Waals surface area contributed by atoms with Crippen LogP contribution in [0.5, 0.6) is 0 Å². The number of aromatic nitrogens is 3. The van der Waals surface area contributed by atoms with Crippen LogP contribution in [0.25, 0.3) is 0 Å². The first-order valence-corrected chi connectivity index (χ1v) is 8.17. The van der Waals surface area contributed by atoms with Crippen LogP contribution in [0.15, 0.2) is 0 Å². The monoisotopic (exact) mass is 309 g/mol. The van der Waals surface area contributed by atoms with E-state index in [1.54, 1.807) is 6.92 Å². The van der Waals surface area contributed by atoms with Gasteiger partial charge in [0.1, 0.15) is 5.82 Å². The molecule has 0 saturated heterocycles. The lowest BCUT2D eigenvalue weighted by atomic mass is 10.1. The molecule has 0 aliphatic carbocycles. The molecule has 2 atom stereocenters. The fourth-order valence-electron chi connectivity index (χ4n) is 2.83. The van der Waals surface area contributed by atoms with Crippen molar-refractivity contribution in [1.29, 1.82) is 0 Å². The lowest BCUT2D eigenvalue weighted by Gasteiger charge is -2.14. The molecule has 0 radical (unpaired) electrons. The maximum atomic E-state index is 11.8. The zero-order chi connectivity index (χ0) is 15.9. The van der Waals surface area contributed by atoms with E-state index in [4.69, 9.17) is 0 Å². The predicted octanol–water partition coefficient (Wildman–Crippen LogP) is 1.21. The first-order chi connectivity index (χ1) is 10.6. The number of hydrogen-bond donors (Lipinski definition) is 3. The second kappa shape index (κ2) is 8.12. The fourth-order valence-corrected chi connectivity index (χ4v) is 2.83. The molecule has 2 amide bonds. The van der Waals surface area contributed by atoms with Crippen molar-refractivity contribution < 1.29 is 9.90 Å². The van der Waals surface area contributed by atoms with Gasteiger partial charge in [0.15, 0.2) is 5.82 Å². The molecule has 2 unspecified atom stereocenters. The summed E-state index contributed by atoms with van der Waals surface area (Å²) >= 11 is 0. The van der Waals surface area contributed by atoms with E-state index in [2.05, 4.69) is 25.4 Å². The Morgan fingerprint density at radius 1 is 1.27 bits per heavy atom. The second-order valence-electron chi connectivity index (χ2n) is 6.25. The van der Waals surface area contributed by atoms with E-state index >= 15 is 0 Å². The minimum atomic E-state index is -0.341. The van der Waals surface area contributed by atoms with E-state index in [1.807, 2.05) is 6.92 Å². The van der Waals surface area contributed by atoms with Crippen molar-refractivity contribution in [3.63, 3.8) is 0 Å². The number of rotatable bonds is 6. The van der Waals surface area contributed by atoms with Crippen molar-refractivity contribution >= 4 is 6.03 Å². The molecule has 124 valence electrons. The van der Waals surface area contributed by atoms with Gasteiger partial charge in [0.25, 0.3) is 0 Å². The normalized spacial score (nSPS) is 17.2. The molecule has 7 heteroatoms.